The number of aromatic nitrogens is 2. The molecule has 0 amide bonds. The molecule has 178 valence electrons. The highest BCUT2D eigenvalue weighted by molar-refractivity contribution is 7.90. The van der Waals surface area contributed by atoms with Crippen molar-refractivity contribution in [2.75, 3.05) is 20.4 Å². The van der Waals surface area contributed by atoms with Crippen LogP contribution < -0.4 is 4.74 Å². The first-order valence-corrected chi connectivity index (χ1v) is 12.1. The summed E-state index contributed by atoms with van der Waals surface area (Å²) < 4.78 is 71.9. The number of fused-ring (bicyclic) bond motifs is 1. The van der Waals surface area contributed by atoms with Gasteiger partial charge in [0.1, 0.15) is 17.1 Å². The molecule has 0 saturated heterocycles. The van der Waals surface area contributed by atoms with Crippen LogP contribution in [0.2, 0.25) is 0 Å². The van der Waals surface area contributed by atoms with Crippen molar-refractivity contribution in [3.8, 4) is 22.8 Å². The summed E-state index contributed by atoms with van der Waals surface area (Å²) in [5.74, 6) is 0.729. The largest absolute Gasteiger partial charge is 0.457 e. The summed E-state index contributed by atoms with van der Waals surface area (Å²) in [4.78, 5) is 6.29. The number of ether oxygens (including phenoxy) is 1. The van der Waals surface area contributed by atoms with Gasteiger partial charge in [-0.05, 0) is 56.6 Å². The first-order valence-electron chi connectivity index (χ1n) is 10.2. The molecule has 0 unspecified atom stereocenters. The van der Waals surface area contributed by atoms with E-state index in [1.807, 2.05) is 19.0 Å². The number of sulfone groups is 1. The van der Waals surface area contributed by atoms with Crippen molar-refractivity contribution >= 4 is 15.5 Å². The molecule has 10 heteroatoms. The van der Waals surface area contributed by atoms with E-state index in [0.717, 1.165) is 12.3 Å². The summed E-state index contributed by atoms with van der Waals surface area (Å²) in [5, 5.41) is 0. The molecule has 0 atom stereocenters. The van der Waals surface area contributed by atoms with Crippen LogP contribution >= 0.6 is 0 Å². The number of nitrogens with zero attached hydrogens (tertiary/aromatic N) is 3. The molecular weight excluding hydrogens is 467 g/mol. The van der Waals surface area contributed by atoms with Crippen LogP contribution in [0.5, 0.6) is 11.5 Å². The normalized spacial score (nSPS) is 12.4. The second-order valence-electron chi connectivity index (χ2n) is 8.14. The molecular formula is C24H22F3N3O3S. The van der Waals surface area contributed by atoms with Gasteiger partial charge in [0.2, 0.25) is 0 Å². The van der Waals surface area contributed by atoms with Crippen molar-refractivity contribution < 1.29 is 26.3 Å². The van der Waals surface area contributed by atoms with Gasteiger partial charge in [0.25, 0.3) is 0 Å². The standard InChI is InChI=1S/C24H22F3N3O3S/c1-29(2)15-21-22(30-12-6-11-20(23(30)28-21)24(25,26)27)16-7-4-8-17(13-16)33-18-9-5-10-19(14-18)34(3,31)32/h4-14H,15H2,1-3H3. The van der Waals surface area contributed by atoms with E-state index in [1.165, 1.54) is 22.6 Å². The Kier molecular flexibility index (Phi) is 6.13. The highest BCUT2D eigenvalue weighted by Crippen LogP contribution is 2.36. The maximum atomic E-state index is 13.6. The molecule has 0 radical (unpaired) electrons. The van der Waals surface area contributed by atoms with E-state index in [1.54, 1.807) is 42.6 Å². The zero-order valence-electron chi connectivity index (χ0n) is 18.7. The second-order valence-corrected chi connectivity index (χ2v) is 10.2. The SMILES string of the molecule is CN(C)Cc1nc2c(C(F)(F)F)cccn2c1-c1cccc(Oc2cccc(S(C)(=O)=O)c2)c1. The Bertz CT molecular complexity index is 1460. The van der Waals surface area contributed by atoms with Gasteiger partial charge >= 0.3 is 6.18 Å². The summed E-state index contributed by atoms with van der Waals surface area (Å²) in [5.41, 5.74) is 0.628. The van der Waals surface area contributed by atoms with Gasteiger partial charge in [0.05, 0.1) is 21.8 Å². The van der Waals surface area contributed by atoms with Crippen LogP contribution in [0, 0.1) is 0 Å². The number of hydrogen-bond donors (Lipinski definition) is 0. The summed E-state index contributed by atoms with van der Waals surface area (Å²) >= 11 is 0. The lowest BCUT2D eigenvalue weighted by Gasteiger charge is -2.12. The van der Waals surface area contributed by atoms with E-state index in [-0.39, 0.29) is 10.5 Å². The molecule has 0 aliphatic carbocycles. The summed E-state index contributed by atoms with van der Waals surface area (Å²) in [6, 6.07) is 15.3. The van der Waals surface area contributed by atoms with Crippen molar-refractivity contribution in [1.82, 2.24) is 14.3 Å². The molecule has 2 aromatic carbocycles. The lowest BCUT2D eigenvalue weighted by Crippen LogP contribution is -2.11. The summed E-state index contributed by atoms with van der Waals surface area (Å²) in [6.07, 6.45) is -1.88. The van der Waals surface area contributed by atoms with Crippen molar-refractivity contribution in [3.05, 3.63) is 78.1 Å². The average Bonchev–Trinajstić information content (AvgIpc) is 3.09. The van der Waals surface area contributed by atoms with Crippen LogP contribution in [0.15, 0.2) is 71.8 Å². The minimum atomic E-state index is -4.55. The van der Waals surface area contributed by atoms with Crippen LogP contribution in [0.25, 0.3) is 16.9 Å². The Labute approximate surface area is 195 Å². The molecule has 6 nitrogen and oxygen atoms in total. The topological polar surface area (TPSA) is 63.9 Å². The smallest absolute Gasteiger partial charge is 0.419 e. The second kappa shape index (κ2) is 8.77. The Balaban J connectivity index is 1.82. The zero-order valence-corrected chi connectivity index (χ0v) is 19.5. The Morgan fingerprint density at radius 1 is 1.00 bits per heavy atom. The minimum Gasteiger partial charge on any atom is -0.457 e. The lowest BCUT2D eigenvalue weighted by molar-refractivity contribution is -0.136. The molecule has 0 bridgehead atoms. The monoisotopic (exact) mass is 489 g/mol. The van der Waals surface area contributed by atoms with E-state index >= 15 is 0 Å². The van der Waals surface area contributed by atoms with Gasteiger partial charge in [-0.25, -0.2) is 13.4 Å². The van der Waals surface area contributed by atoms with Crippen LogP contribution in [0.3, 0.4) is 0 Å². The highest BCUT2D eigenvalue weighted by atomic mass is 32.2. The van der Waals surface area contributed by atoms with Crippen molar-refractivity contribution in [3.63, 3.8) is 0 Å². The summed E-state index contributed by atoms with van der Waals surface area (Å²) in [7, 11) is 0.217. The summed E-state index contributed by atoms with van der Waals surface area (Å²) in [6.45, 7) is 0.329. The van der Waals surface area contributed by atoms with E-state index < -0.39 is 21.6 Å². The maximum absolute atomic E-state index is 13.6. The van der Waals surface area contributed by atoms with E-state index in [0.29, 0.717) is 35.0 Å². The molecule has 0 spiro atoms. The van der Waals surface area contributed by atoms with Crippen molar-refractivity contribution in [2.45, 2.75) is 17.6 Å². The quantitative estimate of drug-likeness (QED) is 0.369. The van der Waals surface area contributed by atoms with Gasteiger partial charge in [0.15, 0.2) is 9.84 Å². The van der Waals surface area contributed by atoms with Crippen LogP contribution in [0.4, 0.5) is 13.2 Å². The first-order chi connectivity index (χ1) is 15.9. The van der Waals surface area contributed by atoms with Crippen molar-refractivity contribution in [2.24, 2.45) is 0 Å². The molecule has 4 rings (SSSR count). The molecule has 0 aliphatic rings. The molecule has 0 aliphatic heterocycles. The third kappa shape index (κ3) is 4.92. The highest BCUT2D eigenvalue weighted by Gasteiger charge is 2.34. The third-order valence-electron chi connectivity index (χ3n) is 5.07. The van der Waals surface area contributed by atoms with Gasteiger partial charge in [-0.1, -0.05) is 18.2 Å². The number of hydrogen-bond acceptors (Lipinski definition) is 5. The number of rotatable bonds is 6. The molecule has 0 N–H and O–H groups in total. The number of halogens is 3. The fourth-order valence-electron chi connectivity index (χ4n) is 3.66. The maximum Gasteiger partial charge on any atom is 0.419 e. The van der Waals surface area contributed by atoms with Crippen LogP contribution in [-0.2, 0) is 22.6 Å². The Morgan fingerprint density at radius 3 is 2.32 bits per heavy atom. The minimum absolute atomic E-state index is 0.121. The Hall–Kier alpha value is -3.37. The van der Waals surface area contributed by atoms with E-state index in [9.17, 15) is 21.6 Å². The van der Waals surface area contributed by atoms with Gasteiger partial charge in [-0.2, -0.15) is 13.2 Å². The fourth-order valence-corrected chi connectivity index (χ4v) is 4.32. The Morgan fingerprint density at radius 2 is 1.68 bits per heavy atom. The first kappa shape index (κ1) is 23.8. The zero-order chi connectivity index (χ0) is 24.7. The third-order valence-corrected chi connectivity index (χ3v) is 6.18. The molecule has 0 fully saturated rings. The molecule has 2 aromatic heterocycles. The molecule has 0 saturated carbocycles. The van der Waals surface area contributed by atoms with Crippen molar-refractivity contribution in [1.29, 1.82) is 0 Å². The molecule has 2 heterocycles. The number of benzene rings is 2. The van der Waals surface area contributed by atoms with Gasteiger partial charge in [0, 0.05) is 24.6 Å². The van der Waals surface area contributed by atoms with Crippen LogP contribution in [0.1, 0.15) is 11.3 Å². The number of pyridine rings is 1. The number of imidazole rings is 1. The fraction of sp³-hybridized carbons (Fsp3) is 0.208. The number of alkyl halides is 3. The predicted octanol–water partition coefficient (Wildman–Crippen LogP) is 5.28. The molecule has 34 heavy (non-hydrogen) atoms. The van der Waals surface area contributed by atoms with E-state index in [4.69, 9.17) is 4.74 Å². The lowest BCUT2D eigenvalue weighted by atomic mass is 10.1. The average molecular weight is 490 g/mol. The van der Waals surface area contributed by atoms with Gasteiger partial charge in [-0.3, -0.25) is 4.40 Å². The van der Waals surface area contributed by atoms with E-state index in [2.05, 4.69) is 4.98 Å². The van der Waals surface area contributed by atoms with Gasteiger partial charge in [-0.15, -0.1) is 0 Å². The van der Waals surface area contributed by atoms with Gasteiger partial charge < -0.3 is 9.64 Å². The molecule has 4 aromatic rings. The van der Waals surface area contributed by atoms with Crippen LogP contribution in [-0.4, -0.2) is 43.1 Å². The predicted molar refractivity (Wildman–Crippen MR) is 123 cm³/mol.